The summed E-state index contributed by atoms with van der Waals surface area (Å²) in [7, 11) is 3.64. The van der Waals surface area contributed by atoms with Crippen molar-refractivity contribution in [2.24, 2.45) is 11.8 Å². The van der Waals surface area contributed by atoms with Gasteiger partial charge in [-0.25, -0.2) is 9.97 Å². The number of carbonyl (C=O) groups excluding carboxylic acids is 1. The van der Waals surface area contributed by atoms with Crippen molar-refractivity contribution in [1.82, 2.24) is 19.4 Å². The Morgan fingerprint density at radius 2 is 1.80 bits per heavy atom. The zero-order chi connectivity index (χ0) is 32.2. The van der Waals surface area contributed by atoms with Crippen LogP contribution in [0, 0.1) is 23.7 Å². The first-order chi connectivity index (χ1) is 22.1. The van der Waals surface area contributed by atoms with Crippen molar-refractivity contribution in [3.05, 3.63) is 54.4 Å². The SMILES string of the molecule is CC#CC(=O)Nc1cc(Nc2ncc(C(F)(F)F)c(-c3cn(C4CC4)c4ccccc34)n2)c(OC)cc1N1CC2CN(C)CC2C1. The summed E-state index contributed by atoms with van der Waals surface area (Å²) in [6.07, 6.45) is -0.125. The van der Waals surface area contributed by atoms with Gasteiger partial charge in [0.25, 0.3) is 5.91 Å². The number of halogens is 3. The van der Waals surface area contributed by atoms with Crippen LogP contribution >= 0.6 is 0 Å². The van der Waals surface area contributed by atoms with E-state index in [1.54, 1.807) is 19.2 Å². The van der Waals surface area contributed by atoms with Gasteiger partial charge in [0.15, 0.2) is 0 Å². The van der Waals surface area contributed by atoms with Crippen LogP contribution in [0.2, 0.25) is 0 Å². The lowest BCUT2D eigenvalue weighted by molar-refractivity contribution is -0.137. The third kappa shape index (κ3) is 5.60. The van der Waals surface area contributed by atoms with Crippen LogP contribution < -0.4 is 20.3 Å². The molecule has 1 amide bonds. The van der Waals surface area contributed by atoms with Crippen molar-refractivity contribution in [2.75, 3.05) is 55.9 Å². The Kier molecular flexibility index (Phi) is 7.51. The molecule has 0 spiro atoms. The maximum Gasteiger partial charge on any atom is 0.419 e. The zero-order valence-corrected chi connectivity index (χ0v) is 25.8. The second-order valence-electron chi connectivity index (χ2n) is 12.3. The van der Waals surface area contributed by atoms with E-state index in [4.69, 9.17) is 4.74 Å². The number of alkyl halides is 3. The minimum atomic E-state index is -4.67. The number of methoxy groups -OCH3 is 1. The van der Waals surface area contributed by atoms with Gasteiger partial charge in [0.2, 0.25) is 5.95 Å². The highest BCUT2D eigenvalue weighted by atomic mass is 19.4. The largest absolute Gasteiger partial charge is 0.494 e. The van der Waals surface area contributed by atoms with Crippen LogP contribution in [0.15, 0.2) is 48.8 Å². The second-order valence-corrected chi connectivity index (χ2v) is 12.3. The van der Waals surface area contributed by atoms with Crippen LogP contribution in [0.25, 0.3) is 22.2 Å². The molecule has 2 aromatic heterocycles. The van der Waals surface area contributed by atoms with Crippen LogP contribution in [0.3, 0.4) is 0 Å². The summed E-state index contributed by atoms with van der Waals surface area (Å²) < 4.78 is 50.8. The van der Waals surface area contributed by atoms with Crippen molar-refractivity contribution in [2.45, 2.75) is 32.0 Å². The average molecular weight is 630 g/mol. The lowest BCUT2D eigenvalue weighted by Crippen LogP contribution is -2.27. The van der Waals surface area contributed by atoms with Gasteiger partial charge in [-0.15, -0.1) is 0 Å². The molecule has 2 aliphatic heterocycles. The predicted octanol–water partition coefficient (Wildman–Crippen LogP) is 6.16. The van der Waals surface area contributed by atoms with Crippen LogP contribution in [0.4, 0.5) is 36.2 Å². The molecule has 1 saturated carbocycles. The van der Waals surface area contributed by atoms with Gasteiger partial charge in [-0.2, -0.15) is 13.2 Å². The summed E-state index contributed by atoms with van der Waals surface area (Å²) in [5.74, 6) is 6.08. The number of nitrogens with zero attached hydrogens (tertiary/aromatic N) is 5. The fourth-order valence-corrected chi connectivity index (χ4v) is 6.91. The molecule has 2 saturated heterocycles. The Hall–Kier alpha value is -4.76. The number of benzene rings is 2. The smallest absolute Gasteiger partial charge is 0.419 e. The molecule has 4 aromatic rings. The molecule has 9 nitrogen and oxygen atoms in total. The van der Waals surface area contributed by atoms with E-state index < -0.39 is 17.6 Å². The molecule has 2 aromatic carbocycles. The lowest BCUT2D eigenvalue weighted by atomic mass is 10.0. The number of rotatable bonds is 7. The van der Waals surface area contributed by atoms with Crippen molar-refractivity contribution in [1.29, 1.82) is 0 Å². The molecule has 46 heavy (non-hydrogen) atoms. The molecule has 0 bridgehead atoms. The summed E-state index contributed by atoms with van der Waals surface area (Å²) >= 11 is 0. The van der Waals surface area contributed by atoms with E-state index in [1.807, 2.05) is 34.9 Å². The fraction of sp³-hybridized carbons (Fsp3) is 0.382. The molecule has 2 atom stereocenters. The number of anilines is 4. The van der Waals surface area contributed by atoms with Gasteiger partial charge in [0.1, 0.15) is 11.3 Å². The summed E-state index contributed by atoms with van der Waals surface area (Å²) in [5, 5.41) is 6.66. The quantitative estimate of drug-likeness (QED) is 0.237. The number of nitrogens with one attached hydrogen (secondary N) is 2. The number of para-hydroxylation sites is 1. The molecule has 238 valence electrons. The van der Waals surface area contributed by atoms with Crippen LogP contribution in [-0.2, 0) is 11.0 Å². The maximum absolute atomic E-state index is 14.3. The Balaban J connectivity index is 1.29. The number of fused-ring (bicyclic) bond motifs is 2. The summed E-state index contributed by atoms with van der Waals surface area (Å²) in [6.45, 7) is 5.25. The van der Waals surface area contributed by atoms with Crippen LogP contribution in [0.5, 0.6) is 5.75 Å². The minimum Gasteiger partial charge on any atom is -0.494 e. The van der Waals surface area contributed by atoms with Crippen molar-refractivity contribution < 1.29 is 22.7 Å². The Morgan fingerprint density at radius 3 is 2.48 bits per heavy atom. The number of hydrogen-bond acceptors (Lipinski definition) is 7. The molecular weight excluding hydrogens is 595 g/mol. The van der Waals surface area contributed by atoms with E-state index in [9.17, 15) is 18.0 Å². The number of likely N-dealkylation sites (tertiary alicyclic amines) is 1. The summed E-state index contributed by atoms with van der Waals surface area (Å²) in [4.78, 5) is 25.7. The first-order valence-electron chi connectivity index (χ1n) is 15.3. The van der Waals surface area contributed by atoms with Gasteiger partial charge >= 0.3 is 6.18 Å². The highest BCUT2D eigenvalue weighted by Crippen LogP contribution is 2.45. The summed E-state index contributed by atoms with van der Waals surface area (Å²) in [5.41, 5.74) is 1.80. The van der Waals surface area contributed by atoms with E-state index in [-0.39, 0.29) is 17.7 Å². The van der Waals surface area contributed by atoms with Crippen LogP contribution in [0.1, 0.15) is 31.4 Å². The highest BCUT2D eigenvalue weighted by Gasteiger charge is 2.40. The maximum atomic E-state index is 14.3. The molecule has 12 heteroatoms. The minimum absolute atomic E-state index is 0.0401. The van der Waals surface area contributed by atoms with Gasteiger partial charge in [0, 0.05) is 67.1 Å². The van der Waals surface area contributed by atoms with Crippen LogP contribution in [-0.4, -0.2) is 65.7 Å². The molecule has 7 rings (SSSR count). The molecule has 4 heterocycles. The van der Waals surface area contributed by atoms with Gasteiger partial charge in [-0.05, 0) is 56.7 Å². The van der Waals surface area contributed by atoms with E-state index in [2.05, 4.69) is 49.3 Å². The van der Waals surface area contributed by atoms with Crippen molar-refractivity contribution in [3.8, 4) is 28.8 Å². The van der Waals surface area contributed by atoms with E-state index >= 15 is 0 Å². The first-order valence-corrected chi connectivity index (χ1v) is 15.3. The van der Waals surface area contributed by atoms with Gasteiger partial charge < -0.3 is 29.7 Å². The zero-order valence-electron chi connectivity index (χ0n) is 25.8. The number of carbonyl (C=O) groups is 1. The molecule has 3 aliphatic rings. The molecular formula is C34H34F3N7O2. The van der Waals surface area contributed by atoms with E-state index in [0.717, 1.165) is 56.4 Å². The predicted molar refractivity (Wildman–Crippen MR) is 171 cm³/mol. The van der Waals surface area contributed by atoms with Crippen molar-refractivity contribution >= 4 is 39.8 Å². The van der Waals surface area contributed by atoms with Gasteiger partial charge in [-0.1, -0.05) is 24.1 Å². The van der Waals surface area contributed by atoms with Gasteiger partial charge in [-0.3, -0.25) is 4.79 Å². The van der Waals surface area contributed by atoms with E-state index in [1.165, 1.54) is 7.11 Å². The average Bonchev–Trinajstić information content (AvgIpc) is 3.54. The fourth-order valence-electron chi connectivity index (χ4n) is 6.91. The molecule has 2 unspecified atom stereocenters. The third-order valence-corrected chi connectivity index (χ3v) is 9.09. The number of amides is 1. The molecule has 1 aliphatic carbocycles. The highest BCUT2D eigenvalue weighted by molar-refractivity contribution is 6.06. The number of aromatic nitrogens is 3. The lowest BCUT2D eigenvalue weighted by Gasteiger charge is -2.26. The number of ether oxygens (including phenoxy) is 1. The van der Waals surface area contributed by atoms with Crippen molar-refractivity contribution in [3.63, 3.8) is 0 Å². The Morgan fingerprint density at radius 1 is 1.07 bits per heavy atom. The third-order valence-electron chi connectivity index (χ3n) is 9.09. The monoisotopic (exact) mass is 629 g/mol. The molecule has 0 radical (unpaired) electrons. The summed E-state index contributed by atoms with van der Waals surface area (Å²) in [6, 6.07) is 11.2. The number of hydrogen-bond donors (Lipinski definition) is 2. The standard InChI is InChI=1S/C34H34F3N7O2/c1-4-7-31(45)39-26-12-27(30(46-3)13-29(26)43-17-20-15-42(2)16-21(20)18-43)40-33-38-14-25(34(35,36)37)32(41-33)24-19-44(22-10-11-22)28-9-6-5-8-23(24)28/h5-6,8-9,12-14,19-22H,10-11,15-18H2,1-3H3,(H,39,45)(H,38,40,41). The normalized spacial score (nSPS) is 19.6. The Bertz CT molecular complexity index is 1880. The Labute approximate surface area is 264 Å². The van der Waals surface area contributed by atoms with Gasteiger partial charge in [0.05, 0.1) is 29.9 Å². The topological polar surface area (TPSA) is 87.5 Å². The molecule has 3 fully saturated rings. The molecule has 2 N–H and O–H groups in total. The van der Waals surface area contributed by atoms with E-state index in [0.29, 0.717) is 39.9 Å². The first kappa shape index (κ1) is 29.9. The second kappa shape index (κ2) is 11.6.